The highest BCUT2D eigenvalue weighted by atomic mass is 32.2. The zero-order valence-electron chi connectivity index (χ0n) is 13.6. The molecule has 0 bridgehead atoms. The predicted octanol–water partition coefficient (Wildman–Crippen LogP) is 1.42. The number of hydrogen-bond acceptors (Lipinski definition) is 4. The second kappa shape index (κ2) is 6.67. The summed E-state index contributed by atoms with van der Waals surface area (Å²) in [5, 5.41) is 11.4. The van der Waals surface area contributed by atoms with E-state index in [9.17, 15) is 13.2 Å². The normalized spacial score (nSPS) is 17.4. The highest BCUT2D eigenvalue weighted by Gasteiger charge is 2.39. The number of nitrogens with one attached hydrogen (secondary N) is 1. The van der Waals surface area contributed by atoms with E-state index in [1.165, 1.54) is 35.6 Å². The third kappa shape index (κ3) is 3.14. The molecule has 1 atom stereocenters. The monoisotopic (exact) mass is 355 g/mol. The molecule has 1 amide bonds. The quantitative estimate of drug-likeness (QED) is 0.901. The average molecular weight is 355 g/mol. The number of carbonyl (C=O) groups excluding carboxylic acids is 1. The van der Waals surface area contributed by atoms with Gasteiger partial charge in [0.25, 0.3) is 0 Å². The Labute approximate surface area is 146 Å². The summed E-state index contributed by atoms with van der Waals surface area (Å²) in [4.78, 5) is 12.4. The largest absolute Gasteiger partial charge is 0.358 e. The number of sulfonamides is 1. The van der Waals surface area contributed by atoms with Crippen LogP contribution in [-0.2, 0) is 27.8 Å². The summed E-state index contributed by atoms with van der Waals surface area (Å²) in [6.45, 7) is 0.136. The van der Waals surface area contributed by atoms with Crippen molar-refractivity contribution in [1.82, 2.24) is 9.62 Å². The number of fused-ring (bicyclic) bond motifs is 1. The van der Waals surface area contributed by atoms with Gasteiger partial charge in [-0.25, -0.2) is 8.42 Å². The molecular weight excluding hydrogens is 338 g/mol. The van der Waals surface area contributed by atoms with Gasteiger partial charge >= 0.3 is 0 Å². The van der Waals surface area contributed by atoms with Crippen LogP contribution in [0.1, 0.15) is 16.7 Å². The zero-order chi connectivity index (χ0) is 18.0. The molecule has 1 aliphatic heterocycles. The average Bonchev–Trinajstić information content (AvgIpc) is 2.66. The zero-order valence-corrected chi connectivity index (χ0v) is 14.5. The summed E-state index contributed by atoms with van der Waals surface area (Å²) in [5.74, 6) is -0.341. The van der Waals surface area contributed by atoms with E-state index in [1.54, 1.807) is 0 Å². The second-order valence-electron chi connectivity index (χ2n) is 5.79. The van der Waals surface area contributed by atoms with Crippen LogP contribution in [0.25, 0.3) is 0 Å². The molecule has 6 nitrogen and oxygen atoms in total. The number of likely N-dealkylation sites (N-methyl/N-ethyl adjacent to an activating group) is 1. The SMILES string of the molecule is CNC(=O)C1Cc2ccccc2CN1S(=O)(=O)c1ccc(C#N)cc1. The van der Waals surface area contributed by atoms with Crippen molar-refractivity contribution in [3.63, 3.8) is 0 Å². The molecule has 0 radical (unpaired) electrons. The van der Waals surface area contributed by atoms with Crippen molar-refractivity contribution >= 4 is 15.9 Å². The van der Waals surface area contributed by atoms with E-state index in [2.05, 4.69) is 5.32 Å². The fourth-order valence-electron chi connectivity index (χ4n) is 2.98. The minimum absolute atomic E-state index is 0.0692. The van der Waals surface area contributed by atoms with Crippen LogP contribution in [0, 0.1) is 11.3 Å². The molecule has 1 N–H and O–H groups in total. The number of hydrogen-bond donors (Lipinski definition) is 1. The lowest BCUT2D eigenvalue weighted by molar-refractivity contribution is -0.124. The third-order valence-corrected chi connectivity index (χ3v) is 6.21. The predicted molar refractivity (Wildman–Crippen MR) is 91.9 cm³/mol. The van der Waals surface area contributed by atoms with Gasteiger partial charge in [0.15, 0.2) is 0 Å². The van der Waals surface area contributed by atoms with Crippen LogP contribution in [0.2, 0.25) is 0 Å². The fraction of sp³-hybridized carbons (Fsp3) is 0.222. The van der Waals surface area contributed by atoms with E-state index in [1.807, 2.05) is 30.3 Å². The molecule has 25 heavy (non-hydrogen) atoms. The van der Waals surface area contributed by atoms with Crippen molar-refractivity contribution in [2.45, 2.75) is 23.9 Å². The van der Waals surface area contributed by atoms with Gasteiger partial charge in [0.2, 0.25) is 15.9 Å². The highest BCUT2D eigenvalue weighted by Crippen LogP contribution is 2.29. The van der Waals surface area contributed by atoms with Crippen LogP contribution in [0.3, 0.4) is 0 Å². The lowest BCUT2D eigenvalue weighted by Crippen LogP contribution is -2.51. The summed E-state index contributed by atoms with van der Waals surface area (Å²) in [6, 6.07) is 14.4. The number of carbonyl (C=O) groups is 1. The van der Waals surface area contributed by atoms with E-state index in [4.69, 9.17) is 5.26 Å². The van der Waals surface area contributed by atoms with Gasteiger partial charge in [0, 0.05) is 13.6 Å². The molecule has 128 valence electrons. The molecule has 0 spiro atoms. The first-order chi connectivity index (χ1) is 12.0. The third-order valence-electron chi connectivity index (χ3n) is 4.34. The first-order valence-corrected chi connectivity index (χ1v) is 9.22. The topological polar surface area (TPSA) is 90.3 Å². The lowest BCUT2D eigenvalue weighted by atomic mass is 9.95. The molecular formula is C18H17N3O3S. The van der Waals surface area contributed by atoms with Crippen LogP contribution >= 0.6 is 0 Å². The minimum atomic E-state index is -3.87. The van der Waals surface area contributed by atoms with Gasteiger partial charge in [-0.2, -0.15) is 9.57 Å². The van der Waals surface area contributed by atoms with Crippen LogP contribution in [0.5, 0.6) is 0 Å². The van der Waals surface area contributed by atoms with E-state index in [0.717, 1.165) is 11.1 Å². The smallest absolute Gasteiger partial charge is 0.244 e. The Morgan fingerprint density at radius 2 is 1.80 bits per heavy atom. The summed E-state index contributed by atoms with van der Waals surface area (Å²) in [6.07, 6.45) is 0.325. The molecule has 7 heteroatoms. The number of nitriles is 1. The first kappa shape index (κ1) is 17.1. The van der Waals surface area contributed by atoms with Crippen LogP contribution in [-0.4, -0.2) is 31.7 Å². The molecule has 2 aromatic carbocycles. The van der Waals surface area contributed by atoms with Crippen molar-refractivity contribution in [3.05, 3.63) is 65.2 Å². The maximum Gasteiger partial charge on any atom is 0.244 e. The van der Waals surface area contributed by atoms with Gasteiger partial charge in [0.1, 0.15) is 6.04 Å². The number of nitrogens with zero attached hydrogens (tertiary/aromatic N) is 2. The molecule has 0 fully saturated rings. The summed E-state index contributed by atoms with van der Waals surface area (Å²) in [5.41, 5.74) is 2.24. The Kier molecular flexibility index (Phi) is 4.57. The van der Waals surface area contributed by atoms with Crippen LogP contribution < -0.4 is 5.32 Å². The molecule has 0 saturated carbocycles. The number of amides is 1. The maximum atomic E-state index is 13.1. The van der Waals surface area contributed by atoms with Crippen molar-refractivity contribution in [2.24, 2.45) is 0 Å². The van der Waals surface area contributed by atoms with Gasteiger partial charge in [-0.1, -0.05) is 24.3 Å². The van der Waals surface area contributed by atoms with E-state index < -0.39 is 16.1 Å². The second-order valence-corrected chi connectivity index (χ2v) is 7.68. The molecule has 1 heterocycles. The van der Waals surface area contributed by atoms with Gasteiger partial charge in [-0.3, -0.25) is 4.79 Å². The molecule has 0 aliphatic carbocycles. The van der Waals surface area contributed by atoms with Gasteiger partial charge in [0.05, 0.1) is 16.5 Å². The Hall–Kier alpha value is -2.69. The van der Waals surface area contributed by atoms with Gasteiger partial charge in [-0.15, -0.1) is 0 Å². The van der Waals surface area contributed by atoms with Crippen molar-refractivity contribution in [3.8, 4) is 6.07 Å². The summed E-state index contributed by atoms with van der Waals surface area (Å²) in [7, 11) is -2.38. The minimum Gasteiger partial charge on any atom is -0.358 e. The summed E-state index contributed by atoms with van der Waals surface area (Å²) < 4.78 is 27.4. The Morgan fingerprint density at radius 1 is 1.16 bits per heavy atom. The molecule has 1 aliphatic rings. The molecule has 2 aromatic rings. The highest BCUT2D eigenvalue weighted by molar-refractivity contribution is 7.89. The lowest BCUT2D eigenvalue weighted by Gasteiger charge is -2.34. The Bertz CT molecular complexity index is 946. The molecule has 0 aromatic heterocycles. The van der Waals surface area contributed by atoms with E-state index >= 15 is 0 Å². The van der Waals surface area contributed by atoms with Crippen molar-refractivity contribution in [2.75, 3.05) is 7.05 Å². The molecule has 0 saturated heterocycles. The van der Waals surface area contributed by atoms with Crippen LogP contribution in [0.4, 0.5) is 0 Å². The molecule has 1 unspecified atom stereocenters. The first-order valence-electron chi connectivity index (χ1n) is 7.77. The van der Waals surface area contributed by atoms with Gasteiger partial charge < -0.3 is 5.32 Å². The van der Waals surface area contributed by atoms with E-state index in [0.29, 0.717) is 12.0 Å². The number of benzene rings is 2. The Balaban J connectivity index is 2.05. The van der Waals surface area contributed by atoms with Crippen LogP contribution in [0.15, 0.2) is 53.4 Å². The van der Waals surface area contributed by atoms with E-state index in [-0.39, 0.29) is 17.3 Å². The van der Waals surface area contributed by atoms with Crippen molar-refractivity contribution in [1.29, 1.82) is 5.26 Å². The molecule has 3 rings (SSSR count). The Morgan fingerprint density at radius 3 is 2.40 bits per heavy atom. The standard InChI is InChI=1S/C18H17N3O3S/c1-20-18(22)17-10-14-4-2-3-5-15(14)12-21(17)25(23,24)16-8-6-13(11-19)7-9-16/h2-9,17H,10,12H2,1H3,(H,20,22). The number of rotatable bonds is 3. The fourth-order valence-corrected chi connectivity index (χ4v) is 4.54. The maximum absolute atomic E-state index is 13.1. The van der Waals surface area contributed by atoms with Gasteiger partial charge in [-0.05, 0) is 41.8 Å². The summed E-state index contributed by atoms with van der Waals surface area (Å²) >= 11 is 0. The van der Waals surface area contributed by atoms with Crippen molar-refractivity contribution < 1.29 is 13.2 Å².